The molecule has 90 valence electrons. The van der Waals surface area contributed by atoms with Crippen molar-refractivity contribution in [3.8, 4) is 5.75 Å². The number of hydrogen-bond donors (Lipinski definition) is 0. The number of hydrogen-bond acceptors (Lipinski definition) is 1. The summed E-state index contributed by atoms with van der Waals surface area (Å²) in [6, 6.07) is 5.42. The van der Waals surface area contributed by atoms with Crippen molar-refractivity contribution in [2.75, 3.05) is 0 Å². The molecule has 0 atom stereocenters. The van der Waals surface area contributed by atoms with Crippen LogP contribution < -0.4 is 4.43 Å². The van der Waals surface area contributed by atoms with E-state index < -0.39 is 8.32 Å². The zero-order valence-electron chi connectivity index (χ0n) is 10.4. The van der Waals surface area contributed by atoms with Gasteiger partial charge in [-0.2, -0.15) is 0 Å². The largest absolute Gasteiger partial charge is 0.543 e. The predicted octanol–water partition coefficient (Wildman–Crippen LogP) is 5.38. The van der Waals surface area contributed by atoms with Crippen LogP contribution in [0.5, 0.6) is 5.75 Å². The van der Waals surface area contributed by atoms with Crippen LogP contribution >= 0.6 is 23.2 Å². The lowest BCUT2D eigenvalue weighted by atomic mass is 10.2. The molecule has 16 heavy (non-hydrogen) atoms. The van der Waals surface area contributed by atoms with Crippen molar-refractivity contribution in [2.24, 2.45) is 0 Å². The third-order valence-corrected chi connectivity index (χ3v) is 8.17. The van der Waals surface area contributed by atoms with Crippen molar-refractivity contribution in [3.05, 3.63) is 28.2 Å². The van der Waals surface area contributed by atoms with Gasteiger partial charge in [-0.1, -0.05) is 44.0 Å². The fourth-order valence-electron chi connectivity index (χ4n) is 0.988. The number of rotatable bonds is 2. The molecule has 1 nitrogen and oxygen atoms in total. The lowest BCUT2D eigenvalue weighted by Gasteiger charge is -2.36. The van der Waals surface area contributed by atoms with Crippen LogP contribution in [0, 0.1) is 0 Å². The second kappa shape index (κ2) is 4.59. The first-order valence-electron chi connectivity index (χ1n) is 5.27. The molecular formula is C12H18Cl2OSi. The summed E-state index contributed by atoms with van der Waals surface area (Å²) in [6.45, 7) is 11.0. The average molecular weight is 277 g/mol. The highest BCUT2D eigenvalue weighted by atomic mass is 35.5. The summed E-state index contributed by atoms with van der Waals surface area (Å²) in [4.78, 5) is 0. The third-order valence-electron chi connectivity index (χ3n) is 3.07. The molecule has 0 unspecified atom stereocenters. The number of benzene rings is 1. The van der Waals surface area contributed by atoms with E-state index in [-0.39, 0.29) is 5.04 Å². The fourth-order valence-corrected chi connectivity index (χ4v) is 2.30. The highest BCUT2D eigenvalue weighted by Crippen LogP contribution is 2.38. The van der Waals surface area contributed by atoms with Crippen LogP contribution in [0.2, 0.25) is 28.2 Å². The van der Waals surface area contributed by atoms with E-state index in [1.54, 1.807) is 12.1 Å². The van der Waals surface area contributed by atoms with Gasteiger partial charge < -0.3 is 4.43 Å². The molecule has 1 aromatic rings. The third kappa shape index (κ3) is 3.16. The van der Waals surface area contributed by atoms with Gasteiger partial charge in [0.05, 0.1) is 10.0 Å². The van der Waals surface area contributed by atoms with E-state index in [0.29, 0.717) is 10.0 Å². The minimum Gasteiger partial charge on any atom is -0.543 e. The van der Waals surface area contributed by atoms with Crippen molar-refractivity contribution in [1.82, 2.24) is 0 Å². The molecule has 0 spiro atoms. The molecule has 0 aliphatic carbocycles. The topological polar surface area (TPSA) is 9.23 Å². The van der Waals surface area contributed by atoms with E-state index in [0.717, 1.165) is 5.75 Å². The van der Waals surface area contributed by atoms with Gasteiger partial charge in [-0.15, -0.1) is 0 Å². The van der Waals surface area contributed by atoms with Crippen molar-refractivity contribution in [2.45, 2.75) is 38.9 Å². The molecule has 0 amide bonds. The van der Waals surface area contributed by atoms with Crippen LogP contribution in [-0.4, -0.2) is 8.32 Å². The zero-order valence-corrected chi connectivity index (χ0v) is 12.9. The molecule has 0 aliphatic rings. The molecule has 0 N–H and O–H groups in total. The van der Waals surface area contributed by atoms with Crippen molar-refractivity contribution in [3.63, 3.8) is 0 Å². The Balaban J connectivity index is 2.93. The quantitative estimate of drug-likeness (QED) is 0.660. The molecule has 0 saturated heterocycles. The molecule has 4 heteroatoms. The first-order valence-corrected chi connectivity index (χ1v) is 8.94. The van der Waals surface area contributed by atoms with Gasteiger partial charge in [0, 0.05) is 0 Å². The van der Waals surface area contributed by atoms with Crippen LogP contribution in [0.3, 0.4) is 0 Å². The molecule has 0 saturated carbocycles. The van der Waals surface area contributed by atoms with Crippen LogP contribution in [0.1, 0.15) is 20.8 Å². The lowest BCUT2D eigenvalue weighted by molar-refractivity contribution is 0.492. The SMILES string of the molecule is CC(C)(C)[Si](C)(C)Oc1ccc(Cl)c(Cl)c1. The summed E-state index contributed by atoms with van der Waals surface area (Å²) in [5.74, 6) is 0.806. The maximum Gasteiger partial charge on any atom is 0.250 e. The Morgan fingerprint density at radius 2 is 1.62 bits per heavy atom. The Kier molecular flexibility index (Phi) is 3.98. The van der Waals surface area contributed by atoms with Crippen molar-refractivity contribution >= 4 is 31.5 Å². The molecule has 1 rings (SSSR count). The number of halogens is 2. The van der Waals surface area contributed by atoms with Crippen LogP contribution in [0.4, 0.5) is 0 Å². The Morgan fingerprint density at radius 3 is 2.06 bits per heavy atom. The van der Waals surface area contributed by atoms with E-state index in [9.17, 15) is 0 Å². The molecule has 0 fully saturated rings. The van der Waals surface area contributed by atoms with Crippen LogP contribution in [0.15, 0.2) is 18.2 Å². The van der Waals surface area contributed by atoms with E-state index in [1.165, 1.54) is 0 Å². The zero-order chi connectivity index (χ0) is 12.6. The average Bonchev–Trinajstić information content (AvgIpc) is 2.09. The summed E-state index contributed by atoms with van der Waals surface area (Å²) in [7, 11) is -1.79. The molecule has 0 bridgehead atoms. The minimum atomic E-state index is -1.79. The molecule has 0 radical (unpaired) electrons. The summed E-state index contributed by atoms with van der Waals surface area (Å²) in [6.07, 6.45) is 0. The van der Waals surface area contributed by atoms with Gasteiger partial charge in [-0.3, -0.25) is 0 Å². The summed E-state index contributed by atoms with van der Waals surface area (Å²) in [5, 5.41) is 1.28. The monoisotopic (exact) mass is 276 g/mol. The second-order valence-corrected chi connectivity index (χ2v) is 11.0. The van der Waals surface area contributed by atoms with Crippen LogP contribution in [0.25, 0.3) is 0 Å². The smallest absolute Gasteiger partial charge is 0.250 e. The predicted molar refractivity (Wildman–Crippen MR) is 74.3 cm³/mol. The maximum atomic E-state index is 6.10. The normalized spacial score (nSPS) is 12.7. The van der Waals surface area contributed by atoms with Crippen molar-refractivity contribution < 1.29 is 4.43 Å². The van der Waals surface area contributed by atoms with Gasteiger partial charge in [0.2, 0.25) is 8.32 Å². The minimum absolute atomic E-state index is 0.180. The van der Waals surface area contributed by atoms with E-state index in [2.05, 4.69) is 33.9 Å². The van der Waals surface area contributed by atoms with Gasteiger partial charge in [0.15, 0.2) is 0 Å². The molecule has 0 aromatic heterocycles. The maximum absolute atomic E-state index is 6.10. The summed E-state index contributed by atoms with van der Waals surface area (Å²) >= 11 is 11.8. The van der Waals surface area contributed by atoms with Gasteiger partial charge >= 0.3 is 0 Å². The standard InChI is InChI=1S/C12H18Cl2OSi/c1-12(2,3)16(4,5)15-9-6-7-10(13)11(14)8-9/h6-8H,1-5H3. The summed E-state index contributed by atoms with van der Waals surface area (Å²) < 4.78 is 6.10. The van der Waals surface area contributed by atoms with Gasteiger partial charge in [0.25, 0.3) is 0 Å². The van der Waals surface area contributed by atoms with Crippen LogP contribution in [-0.2, 0) is 0 Å². The molecule has 1 aromatic carbocycles. The highest BCUT2D eigenvalue weighted by Gasteiger charge is 2.38. The Bertz CT molecular complexity index is 383. The summed E-state index contributed by atoms with van der Waals surface area (Å²) in [5.41, 5.74) is 0. The van der Waals surface area contributed by atoms with Gasteiger partial charge in [-0.05, 0) is 36.3 Å². The fraction of sp³-hybridized carbons (Fsp3) is 0.500. The highest BCUT2D eigenvalue weighted by molar-refractivity contribution is 6.74. The van der Waals surface area contributed by atoms with Gasteiger partial charge in [0.1, 0.15) is 5.75 Å². The Morgan fingerprint density at radius 1 is 1.06 bits per heavy atom. The Labute approximate surface area is 109 Å². The Hall–Kier alpha value is -0.183. The van der Waals surface area contributed by atoms with Gasteiger partial charge in [-0.25, -0.2) is 0 Å². The second-order valence-electron chi connectivity index (χ2n) is 5.44. The lowest BCUT2D eigenvalue weighted by Crippen LogP contribution is -2.43. The van der Waals surface area contributed by atoms with E-state index in [1.807, 2.05) is 6.07 Å². The molecule has 0 heterocycles. The van der Waals surface area contributed by atoms with E-state index in [4.69, 9.17) is 27.6 Å². The molecule has 0 aliphatic heterocycles. The first-order chi connectivity index (χ1) is 7.13. The van der Waals surface area contributed by atoms with E-state index >= 15 is 0 Å². The first kappa shape index (κ1) is 13.9. The van der Waals surface area contributed by atoms with Crippen molar-refractivity contribution in [1.29, 1.82) is 0 Å². The molecular weight excluding hydrogens is 259 g/mol.